The molecule has 2 atom stereocenters. The second-order valence-electron chi connectivity index (χ2n) is 7.48. The highest BCUT2D eigenvalue weighted by Crippen LogP contribution is 2.20. The molecule has 2 aliphatic heterocycles. The summed E-state index contributed by atoms with van der Waals surface area (Å²) in [4.78, 5) is 26.1. The minimum absolute atomic E-state index is 0.0383. The van der Waals surface area contributed by atoms with Gasteiger partial charge in [0.1, 0.15) is 5.60 Å². The van der Waals surface area contributed by atoms with Gasteiger partial charge >= 0.3 is 12.1 Å². The third kappa shape index (κ3) is 7.07. The van der Waals surface area contributed by atoms with Crippen molar-refractivity contribution in [1.29, 1.82) is 0 Å². The molecule has 0 aromatic carbocycles. The molecule has 2 saturated heterocycles. The molecule has 8 heteroatoms. The van der Waals surface area contributed by atoms with Gasteiger partial charge in [-0.05, 0) is 40.0 Å². The molecular weight excluding hydrogens is 326 g/mol. The van der Waals surface area contributed by atoms with Crippen LogP contribution < -0.4 is 10.6 Å². The maximum Gasteiger partial charge on any atom is 0.410 e. The van der Waals surface area contributed by atoms with Crippen LogP contribution in [0.15, 0.2) is 0 Å². The Hall–Kier alpha value is -1.54. The average molecular weight is 357 g/mol. The predicted molar refractivity (Wildman–Crippen MR) is 92.5 cm³/mol. The number of nitrogens with zero attached hydrogens (tertiary/aromatic N) is 1. The highest BCUT2D eigenvalue weighted by molar-refractivity contribution is 5.74. The summed E-state index contributed by atoms with van der Waals surface area (Å²) >= 11 is 0. The van der Waals surface area contributed by atoms with E-state index in [9.17, 15) is 9.59 Å². The summed E-state index contributed by atoms with van der Waals surface area (Å²) in [5.41, 5.74) is -0.522. The van der Waals surface area contributed by atoms with E-state index in [1.54, 1.807) is 4.90 Å². The lowest BCUT2D eigenvalue weighted by atomic mass is 10.0. The van der Waals surface area contributed by atoms with Crippen LogP contribution in [0.4, 0.5) is 9.59 Å². The Morgan fingerprint density at radius 2 is 1.92 bits per heavy atom. The lowest BCUT2D eigenvalue weighted by Gasteiger charge is -2.36. The molecule has 2 aliphatic rings. The Morgan fingerprint density at radius 3 is 2.60 bits per heavy atom. The first-order valence-electron chi connectivity index (χ1n) is 9.06. The molecule has 0 aromatic heterocycles. The minimum atomic E-state index is -0.522. The standard InChI is InChI=1S/C17H31N3O5/c1-17(2,3)25-16(22)20-7-5-4-6-13(20)10-18-15(21)19-11-14-12-23-8-9-24-14/h13-14H,4-12H2,1-3H3,(H2,18,19,21)/t13-,14+/m0/s1. The molecule has 3 amide bonds. The van der Waals surface area contributed by atoms with Crippen molar-refractivity contribution < 1.29 is 23.8 Å². The maximum absolute atomic E-state index is 12.3. The normalized spacial score (nSPS) is 24.5. The molecule has 144 valence electrons. The van der Waals surface area contributed by atoms with Crippen molar-refractivity contribution in [2.75, 3.05) is 39.5 Å². The molecule has 0 spiro atoms. The van der Waals surface area contributed by atoms with Crippen LogP contribution in [0.5, 0.6) is 0 Å². The number of carbonyl (C=O) groups excluding carboxylic acids is 2. The van der Waals surface area contributed by atoms with Gasteiger partial charge in [-0.25, -0.2) is 9.59 Å². The maximum atomic E-state index is 12.3. The van der Waals surface area contributed by atoms with Gasteiger partial charge in [0.15, 0.2) is 0 Å². The van der Waals surface area contributed by atoms with Crippen LogP contribution in [-0.2, 0) is 14.2 Å². The molecular formula is C17H31N3O5. The highest BCUT2D eigenvalue weighted by atomic mass is 16.6. The van der Waals surface area contributed by atoms with E-state index in [0.717, 1.165) is 19.3 Å². The molecule has 0 aromatic rings. The van der Waals surface area contributed by atoms with Crippen LogP contribution >= 0.6 is 0 Å². The number of piperidine rings is 1. The molecule has 2 fully saturated rings. The summed E-state index contributed by atoms with van der Waals surface area (Å²) in [5, 5.41) is 5.63. The third-order valence-electron chi connectivity index (χ3n) is 4.13. The number of hydrogen-bond acceptors (Lipinski definition) is 5. The van der Waals surface area contributed by atoms with Crippen molar-refractivity contribution in [2.24, 2.45) is 0 Å². The number of likely N-dealkylation sites (tertiary alicyclic amines) is 1. The van der Waals surface area contributed by atoms with Crippen molar-refractivity contribution in [2.45, 2.75) is 57.8 Å². The van der Waals surface area contributed by atoms with Gasteiger partial charge in [0.2, 0.25) is 0 Å². The van der Waals surface area contributed by atoms with E-state index >= 15 is 0 Å². The van der Waals surface area contributed by atoms with Crippen LogP contribution in [0.25, 0.3) is 0 Å². The Labute approximate surface area is 149 Å². The third-order valence-corrected chi connectivity index (χ3v) is 4.13. The Kier molecular flexibility index (Phi) is 7.31. The lowest BCUT2D eigenvalue weighted by Crippen LogP contribution is -2.52. The van der Waals surface area contributed by atoms with Gasteiger partial charge in [-0.3, -0.25) is 0 Å². The second kappa shape index (κ2) is 9.24. The number of rotatable bonds is 4. The first kappa shape index (κ1) is 19.8. The fourth-order valence-electron chi connectivity index (χ4n) is 2.91. The van der Waals surface area contributed by atoms with E-state index in [-0.39, 0.29) is 24.3 Å². The minimum Gasteiger partial charge on any atom is -0.444 e. The SMILES string of the molecule is CC(C)(C)OC(=O)N1CCCC[C@H]1CNC(=O)NC[C@@H]1COCCO1. The number of nitrogens with one attached hydrogen (secondary N) is 2. The molecule has 2 rings (SSSR count). The van der Waals surface area contributed by atoms with E-state index in [0.29, 0.717) is 39.5 Å². The molecule has 0 aliphatic carbocycles. The van der Waals surface area contributed by atoms with Gasteiger partial charge in [-0.2, -0.15) is 0 Å². The summed E-state index contributed by atoms with van der Waals surface area (Å²) in [7, 11) is 0. The van der Waals surface area contributed by atoms with E-state index in [1.807, 2.05) is 20.8 Å². The molecule has 2 N–H and O–H groups in total. The summed E-state index contributed by atoms with van der Waals surface area (Å²) in [6.45, 7) is 8.70. The van der Waals surface area contributed by atoms with Crippen LogP contribution in [0.1, 0.15) is 40.0 Å². The predicted octanol–water partition coefficient (Wildman–Crippen LogP) is 1.49. The first-order valence-corrected chi connectivity index (χ1v) is 9.06. The lowest BCUT2D eigenvalue weighted by molar-refractivity contribution is -0.0853. The molecule has 8 nitrogen and oxygen atoms in total. The monoisotopic (exact) mass is 357 g/mol. The fourth-order valence-corrected chi connectivity index (χ4v) is 2.91. The number of hydrogen-bond donors (Lipinski definition) is 2. The van der Waals surface area contributed by atoms with E-state index in [2.05, 4.69) is 10.6 Å². The smallest absolute Gasteiger partial charge is 0.410 e. The Balaban J connectivity index is 1.74. The molecule has 0 unspecified atom stereocenters. The van der Waals surface area contributed by atoms with Crippen molar-refractivity contribution >= 4 is 12.1 Å². The zero-order chi connectivity index (χ0) is 18.3. The molecule has 2 heterocycles. The molecule has 0 saturated carbocycles. The van der Waals surface area contributed by atoms with Crippen molar-refractivity contribution in [3.8, 4) is 0 Å². The Bertz CT molecular complexity index is 446. The first-order chi connectivity index (χ1) is 11.8. The fraction of sp³-hybridized carbons (Fsp3) is 0.882. The molecule has 25 heavy (non-hydrogen) atoms. The van der Waals surface area contributed by atoms with Crippen LogP contribution in [0.3, 0.4) is 0 Å². The van der Waals surface area contributed by atoms with Crippen LogP contribution in [0, 0.1) is 0 Å². The van der Waals surface area contributed by atoms with Gasteiger partial charge in [0.25, 0.3) is 0 Å². The van der Waals surface area contributed by atoms with Gasteiger partial charge < -0.3 is 29.7 Å². The summed E-state index contributed by atoms with van der Waals surface area (Å²) < 4.78 is 16.2. The van der Waals surface area contributed by atoms with Crippen molar-refractivity contribution in [3.63, 3.8) is 0 Å². The number of amides is 3. The zero-order valence-corrected chi connectivity index (χ0v) is 15.5. The van der Waals surface area contributed by atoms with Crippen molar-refractivity contribution in [1.82, 2.24) is 15.5 Å². The zero-order valence-electron chi connectivity index (χ0n) is 15.5. The van der Waals surface area contributed by atoms with Crippen LogP contribution in [-0.4, -0.2) is 74.2 Å². The number of ether oxygens (including phenoxy) is 3. The van der Waals surface area contributed by atoms with Gasteiger partial charge in [0.05, 0.1) is 32.0 Å². The number of urea groups is 1. The topological polar surface area (TPSA) is 89.1 Å². The van der Waals surface area contributed by atoms with Crippen molar-refractivity contribution in [3.05, 3.63) is 0 Å². The van der Waals surface area contributed by atoms with E-state index in [1.165, 1.54) is 0 Å². The second-order valence-corrected chi connectivity index (χ2v) is 7.48. The summed E-state index contributed by atoms with van der Waals surface area (Å²) in [5.74, 6) is 0. The van der Waals surface area contributed by atoms with Crippen LogP contribution in [0.2, 0.25) is 0 Å². The average Bonchev–Trinajstić information content (AvgIpc) is 2.58. The number of carbonyl (C=O) groups is 2. The van der Waals surface area contributed by atoms with E-state index in [4.69, 9.17) is 14.2 Å². The Morgan fingerprint density at radius 1 is 1.16 bits per heavy atom. The largest absolute Gasteiger partial charge is 0.444 e. The highest BCUT2D eigenvalue weighted by Gasteiger charge is 2.30. The van der Waals surface area contributed by atoms with Gasteiger partial charge in [-0.1, -0.05) is 0 Å². The van der Waals surface area contributed by atoms with E-state index < -0.39 is 5.60 Å². The quantitative estimate of drug-likeness (QED) is 0.796. The molecule has 0 radical (unpaired) electrons. The molecule has 0 bridgehead atoms. The van der Waals surface area contributed by atoms with Gasteiger partial charge in [-0.15, -0.1) is 0 Å². The summed E-state index contributed by atoms with van der Waals surface area (Å²) in [6.07, 6.45) is 2.44. The summed E-state index contributed by atoms with van der Waals surface area (Å²) in [6, 6.07) is -0.299. The van der Waals surface area contributed by atoms with Gasteiger partial charge in [0, 0.05) is 19.6 Å².